The molecule has 4 aliphatic rings. The van der Waals surface area contributed by atoms with Crippen molar-refractivity contribution in [2.45, 2.75) is 90.6 Å². The number of hydrogen-bond donors (Lipinski definition) is 3. The van der Waals surface area contributed by atoms with Gasteiger partial charge < -0.3 is 39.1 Å². The lowest BCUT2D eigenvalue weighted by Gasteiger charge is -2.44. The Balaban J connectivity index is 0.720. The zero-order chi connectivity index (χ0) is 52.5. The third kappa shape index (κ3) is 11.3. The Morgan fingerprint density at radius 2 is 1.59 bits per heavy atom. The quantitative estimate of drug-likeness (QED) is 0.0616. The number of aryl methyl sites for hydroxylation is 2. The first kappa shape index (κ1) is 52.6. The molecule has 7 heterocycles. The normalized spacial score (nSPS) is 18.8. The number of carbonyl (C=O) groups is 2. The Bertz CT molecular complexity index is 3210. The fourth-order valence-corrected chi connectivity index (χ4v) is 13.4. The van der Waals surface area contributed by atoms with Gasteiger partial charge in [0, 0.05) is 111 Å². The Hall–Kier alpha value is -5.88. The highest BCUT2D eigenvalue weighted by atomic mass is 79.9. The number of amides is 2. The minimum atomic E-state index is -2.75. The van der Waals surface area contributed by atoms with Gasteiger partial charge in [0.25, 0.3) is 0 Å². The molecule has 4 fully saturated rings. The fourth-order valence-electron chi connectivity index (χ4n) is 11.6. The Kier molecular flexibility index (Phi) is 15.7. The van der Waals surface area contributed by atoms with Gasteiger partial charge in [-0.25, -0.2) is 14.2 Å². The molecule has 3 N–H and O–H groups in total. The van der Waals surface area contributed by atoms with E-state index in [1.54, 1.807) is 19.5 Å². The van der Waals surface area contributed by atoms with Crippen molar-refractivity contribution in [2.24, 2.45) is 5.92 Å². The predicted octanol–water partition coefficient (Wildman–Crippen LogP) is 8.96. The van der Waals surface area contributed by atoms with E-state index in [1.165, 1.54) is 28.0 Å². The summed E-state index contributed by atoms with van der Waals surface area (Å²) in [5.74, 6) is 0.0248. The lowest BCUT2D eigenvalue weighted by Crippen LogP contribution is -2.53. The molecular weight excluding hydrogens is 1040 g/mol. The predicted molar refractivity (Wildman–Crippen MR) is 298 cm³/mol. The number of benzene rings is 3. The molecular formula is C55H68BrFN11O6P. The van der Waals surface area contributed by atoms with E-state index < -0.39 is 30.7 Å². The summed E-state index contributed by atoms with van der Waals surface area (Å²) in [5, 5.41) is 10.8. The SMILES string of the molecule is CCOc1cc(N2CCC(N3CCN(CCC4CCN(c5cc(F)cc6c5oc(=O)n6C5CCC(=O)NC5=O)CC4)CC3)CC2)c(CC)cc1Nc1ncc(Br)c(Nc2ccc3nc(CC)ccc3c2P(C)(C)=O)n1. The lowest BCUT2D eigenvalue weighted by molar-refractivity contribution is -0.135. The number of fused-ring (bicyclic) bond motifs is 2. The second-order valence-electron chi connectivity index (χ2n) is 20.7. The van der Waals surface area contributed by atoms with E-state index in [4.69, 9.17) is 19.1 Å². The van der Waals surface area contributed by atoms with Crippen LogP contribution in [-0.2, 0) is 27.0 Å². The first-order valence-electron chi connectivity index (χ1n) is 26.7. The molecule has 4 saturated heterocycles. The van der Waals surface area contributed by atoms with Crippen LogP contribution < -0.4 is 41.5 Å². The van der Waals surface area contributed by atoms with Crippen molar-refractivity contribution in [1.29, 1.82) is 0 Å². The smallest absolute Gasteiger partial charge is 0.420 e. The van der Waals surface area contributed by atoms with Crippen LogP contribution in [0.3, 0.4) is 0 Å². The molecule has 10 rings (SSSR count). The van der Waals surface area contributed by atoms with Gasteiger partial charge in [0.1, 0.15) is 30.6 Å². The average Bonchev–Trinajstić information content (AvgIpc) is 3.77. The number of hydrogen-bond acceptors (Lipinski definition) is 15. The van der Waals surface area contributed by atoms with Crippen molar-refractivity contribution in [3.05, 3.63) is 86.8 Å². The largest absolute Gasteiger partial charge is 0.492 e. The number of oxazole rings is 1. The summed E-state index contributed by atoms with van der Waals surface area (Å²) in [4.78, 5) is 61.7. The first-order chi connectivity index (χ1) is 36.2. The highest BCUT2D eigenvalue weighted by Gasteiger charge is 2.34. The first-order valence-corrected chi connectivity index (χ1v) is 30.1. The number of piperidine rings is 3. The van der Waals surface area contributed by atoms with E-state index in [0.717, 1.165) is 124 Å². The number of anilines is 6. The molecule has 4 aliphatic heterocycles. The number of nitrogens with zero attached hydrogens (tertiary/aromatic N) is 8. The highest BCUT2D eigenvalue weighted by molar-refractivity contribution is 9.10. The summed E-state index contributed by atoms with van der Waals surface area (Å²) in [6.45, 7) is 19.0. The molecule has 3 aromatic carbocycles. The van der Waals surface area contributed by atoms with Crippen molar-refractivity contribution < 1.29 is 27.7 Å². The topological polar surface area (TPSA) is 183 Å². The highest BCUT2D eigenvalue weighted by Crippen LogP contribution is 2.43. The molecule has 0 saturated carbocycles. The number of ether oxygens (including phenoxy) is 1. The number of nitrogens with one attached hydrogen (secondary N) is 3. The van der Waals surface area contributed by atoms with Crippen molar-refractivity contribution >= 4 is 96.7 Å². The van der Waals surface area contributed by atoms with Crippen LogP contribution >= 0.6 is 23.1 Å². The van der Waals surface area contributed by atoms with E-state index in [1.807, 2.05) is 31.2 Å². The van der Waals surface area contributed by atoms with E-state index in [-0.39, 0.29) is 29.8 Å². The molecule has 2 amide bonds. The molecule has 0 bridgehead atoms. The third-order valence-corrected chi connectivity index (χ3v) is 17.8. The monoisotopic (exact) mass is 1110 g/mol. The molecule has 398 valence electrons. The van der Waals surface area contributed by atoms with Gasteiger partial charge in [0.05, 0.1) is 39.2 Å². The van der Waals surface area contributed by atoms with Crippen LogP contribution in [0.4, 0.5) is 38.9 Å². The van der Waals surface area contributed by atoms with E-state index in [9.17, 15) is 18.9 Å². The summed E-state index contributed by atoms with van der Waals surface area (Å²) in [6.07, 6.45) is 8.83. The lowest BCUT2D eigenvalue weighted by atomic mass is 9.92. The van der Waals surface area contributed by atoms with Gasteiger partial charge in [-0.1, -0.05) is 19.9 Å². The van der Waals surface area contributed by atoms with Gasteiger partial charge in [-0.3, -0.25) is 29.4 Å². The molecule has 0 spiro atoms. The van der Waals surface area contributed by atoms with Gasteiger partial charge in [-0.05, 0) is 130 Å². The fraction of sp³-hybridized carbons (Fsp3) is 0.491. The van der Waals surface area contributed by atoms with Crippen molar-refractivity contribution in [1.82, 2.24) is 34.6 Å². The van der Waals surface area contributed by atoms with Crippen LogP contribution in [0, 0.1) is 11.7 Å². The number of rotatable bonds is 16. The molecule has 3 aromatic heterocycles. The number of halogens is 2. The van der Waals surface area contributed by atoms with E-state index in [2.05, 4.69) is 82.4 Å². The maximum absolute atomic E-state index is 15.1. The van der Waals surface area contributed by atoms with Crippen LogP contribution in [0.1, 0.15) is 83.0 Å². The zero-order valence-electron chi connectivity index (χ0n) is 43.6. The van der Waals surface area contributed by atoms with Gasteiger partial charge in [-0.2, -0.15) is 4.98 Å². The maximum atomic E-state index is 15.1. The number of pyridine rings is 1. The standard InChI is InChI=1S/C55H68BrFN11O6P/c1-6-35-29-43(61-54-58-33-40(56)52(63-54)60-42-12-11-41-39(51(42)75(4,5)72)10-9-37(7-2)59-41)48(73-8-3)32-45(35)66-23-18-38(19-24-66)65-27-25-64(26-28-65)20-15-34-16-21-67(22-17-34)46-30-36(57)31-47-50(46)74-55(71)68(47)44-13-14-49(69)62-53(44)70/h9-12,29-34,38,44H,6-8,13-28H2,1-5H3,(H,62,69,70)(H2,58,60,61,63). The van der Waals surface area contributed by atoms with Gasteiger partial charge in [0.15, 0.2) is 5.58 Å². The second-order valence-corrected chi connectivity index (χ2v) is 24.7. The molecule has 6 aromatic rings. The van der Waals surface area contributed by atoms with Crippen LogP contribution in [0.15, 0.2) is 68.4 Å². The molecule has 75 heavy (non-hydrogen) atoms. The van der Waals surface area contributed by atoms with Crippen LogP contribution in [0.2, 0.25) is 0 Å². The van der Waals surface area contributed by atoms with Gasteiger partial charge >= 0.3 is 5.76 Å². The third-order valence-electron chi connectivity index (χ3n) is 15.6. The van der Waals surface area contributed by atoms with E-state index >= 15 is 4.39 Å². The molecule has 20 heteroatoms. The van der Waals surface area contributed by atoms with Crippen molar-refractivity contribution in [3.8, 4) is 5.75 Å². The number of carbonyl (C=O) groups excluding carboxylic acids is 2. The molecule has 1 atom stereocenters. The Labute approximate surface area is 445 Å². The molecule has 17 nitrogen and oxygen atoms in total. The molecule has 0 radical (unpaired) electrons. The maximum Gasteiger partial charge on any atom is 0.420 e. The van der Waals surface area contributed by atoms with Crippen LogP contribution in [0.25, 0.3) is 22.0 Å². The van der Waals surface area contributed by atoms with E-state index in [0.29, 0.717) is 59.3 Å². The molecule has 0 aliphatic carbocycles. The summed E-state index contributed by atoms with van der Waals surface area (Å²) >= 11 is 3.65. The number of piperazine rings is 1. The zero-order valence-corrected chi connectivity index (χ0v) is 46.1. The Morgan fingerprint density at radius 3 is 2.29 bits per heavy atom. The molecule has 1 unspecified atom stereocenters. The van der Waals surface area contributed by atoms with Crippen molar-refractivity contribution in [2.75, 3.05) is 99.3 Å². The number of imide groups is 1. The van der Waals surface area contributed by atoms with Crippen molar-refractivity contribution in [3.63, 3.8) is 0 Å². The summed E-state index contributed by atoms with van der Waals surface area (Å²) in [6, 6.07) is 14.5. The number of aromatic nitrogens is 4. The minimum Gasteiger partial charge on any atom is -0.492 e. The average molecular weight is 1110 g/mol. The summed E-state index contributed by atoms with van der Waals surface area (Å²) in [7, 11) is -2.75. The minimum absolute atomic E-state index is 0.0995. The summed E-state index contributed by atoms with van der Waals surface area (Å²) in [5.41, 5.74) is 6.77. The Morgan fingerprint density at radius 1 is 0.840 bits per heavy atom. The van der Waals surface area contributed by atoms with Crippen LogP contribution in [-0.4, -0.2) is 126 Å². The summed E-state index contributed by atoms with van der Waals surface area (Å²) < 4.78 is 42.7. The van der Waals surface area contributed by atoms with Crippen LogP contribution in [0.5, 0.6) is 5.75 Å². The second kappa shape index (κ2) is 22.4. The van der Waals surface area contributed by atoms with Gasteiger partial charge in [0.2, 0.25) is 17.8 Å². The van der Waals surface area contributed by atoms with Gasteiger partial charge in [-0.15, -0.1) is 0 Å².